The van der Waals surface area contributed by atoms with E-state index in [9.17, 15) is 0 Å². The fraction of sp³-hybridized carbons (Fsp3) is 0.318. The number of hydrazone groups is 1. The van der Waals surface area contributed by atoms with Gasteiger partial charge in [-0.25, -0.2) is 0 Å². The predicted molar refractivity (Wildman–Crippen MR) is 101 cm³/mol. The normalized spacial score (nSPS) is 15.0. The third-order valence-corrected chi connectivity index (χ3v) is 4.40. The number of hydrogen-bond donors (Lipinski definition) is 0. The van der Waals surface area contributed by atoms with Gasteiger partial charge in [0.2, 0.25) is 0 Å². The zero-order chi connectivity index (χ0) is 16.5. The van der Waals surface area contributed by atoms with E-state index >= 15 is 0 Å². The molecule has 2 heteroatoms. The Hall–Kier alpha value is -2.53. The average molecular weight is 316 g/mol. The summed E-state index contributed by atoms with van der Waals surface area (Å²) in [5.74, 6) is 6.54. The molecule has 0 saturated heterocycles. The summed E-state index contributed by atoms with van der Waals surface area (Å²) >= 11 is 0. The third kappa shape index (κ3) is 4.99. The molecule has 3 rings (SSSR count). The molecule has 0 bridgehead atoms. The van der Waals surface area contributed by atoms with Gasteiger partial charge in [-0.15, -0.1) is 0 Å². The number of rotatable bonds is 4. The molecule has 1 aliphatic rings. The summed E-state index contributed by atoms with van der Waals surface area (Å²) in [4.78, 5) is 0. The SMILES string of the molecule is C(#Cc1ccccc1)CN(/N=C/c1ccccc1)C1CCCCC1. The molecule has 0 N–H and O–H groups in total. The molecular formula is C22H24N2. The summed E-state index contributed by atoms with van der Waals surface area (Å²) in [6, 6.07) is 21.0. The van der Waals surface area contributed by atoms with Gasteiger partial charge in [0.1, 0.15) is 0 Å². The smallest absolute Gasteiger partial charge is 0.0975 e. The monoisotopic (exact) mass is 316 g/mol. The topological polar surface area (TPSA) is 15.6 Å². The van der Waals surface area contributed by atoms with E-state index in [1.54, 1.807) is 0 Å². The molecule has 0 amide bonds. The fourth-order valence-electron chi connectivity index (χ4n) is 3.07. The van der Waals surface area contributed by atoms with Crippen molar-refractivity contribution in [2.24, 2.45) is 5.10 Å². The van der Waals surface area contributed by atoms with E-state index in [1.165, 1.54) is 32.1 Å². The van der Waals surface area contributed by atoms with Gasteiger partial charge in [-0.3, -0.25) is 5.01 Å². The quantitative estimate of drug-likeness (QED) is 0.453. The number of nitrogens with zero attached hydrogens (tertiary/aromatic N) is 2. The number of hydrogen-bond acceptors (Lipinski definition) is 2. The summed E-state index contributed by atoms with van der Waals surface area (Å²) in [5, 5.41) is 6.94. The summed E-state index contributed by atoms with van der Waals surface area (Å²) < 4.78 is 0. The van der Waals surface area contributed by atoms with Crippen LogP contribution < -0.4 is 0 Å². The Labute approximate surface area is 145 Å². The Morgan fingerprint density at radius 1 is 0.917 bits per heavy atom. The second-order valence-corrected chi connectivity index (χ2v) is 6.21. The van der Waals surface area contributed by atoms with Gasteiger partial charge in [0, 0.05) is 11.6 Å². The van der Waals surface area contributed by atoms with E-state index in [-0.39, 0.29) is 0 Å². The summed E-state index contributed by atoms with van der Waals surface area (Å²) in [6.45, 7) is 0.683. The van der Waals surface area contributed by atoms with Crippen LogP contribution in [0.25, 0.3) is 0 Å². The van der Waals surface area contributed by atoms with Gasteiger partial charge in [0.15, 0.2) is 0 Å². The molecule has 1 aliphatic carbocycles. The number of benzene rings is 2. The van der Waals surface area contributed by atoms with Crippen molar-refractivity contribution in [1.29, 1.82) is 0 Å². The van der Waals surface area contributed by atoms with Crippen molar-refractivity contribution in [2.75, 3.05) is 6.54 Å². The van der Waals surface area contributed by atoms with Crippen molar-refractivity contribution in [3.63, 3.8) is 0 Å². The molecule has 24 heavy (non-hydrogen) atoms. The van der Waals surface area contributed by atoms with Crippen LogP contribution in [0, 0.1) is 11.8 Å². The molecule has 0 unspecified atom stereocenters. The molecule has 1 fully saturated rings. The first-order chi connectivity index (χ1) is 11.9. The highest BCUT2D eigenvalue weighted by Gasteiger charge is 2.18. The maximum Gasteiger partial charge on any atom is 0.0975 e. The van der Waals surface area contributed by atoms with Crippen molar-refractivity contribution in [1.82, 2.24) is 5.01 Å². The first kappa shape index (κ1) is 16.3. The van der Waals surface area contributed by atoms with Crippen molar-refractivity contribution in [3.8, 4) is 11.8 Å². The average Bonchev–Trinajstić information content (AvgIpc) is 2.67. The Morgan fingerprint density at radius 3 is 2.29 bits per heavy atom. The highest BCUT2D eigenvalue weighted by Crippen LogP contribution is 2.22. The van der Waals surface area contributed by atoms with Gasteiger partial charge >= 0.3 is 0 Å². The summed E-state index contributed by atoms with van der Waals surface area (Å²) in [5.41, 5.74) is 2.20. The minimum atomic E-state index is 0.517. The van der Waals surface area contributed by atoms with Crippen molar-refractivity contribution < 1.29 is 0 Å². The van der Waals surface area contributed by atoms with E-state index in [1.807, 2.05) is 54.7 Å². The molecule has 0 spiro atoms. The van der Waals surface area contributed by atoms with Crippen LogP contribution in [-0.2, 0) is 0 Å². The van der Waals surface area contributed by atoms with Crippen LogP contribution in [0.15, 0.2) is 65.8 Å². The first-order valence-electron chi connectivity index (χ1n) is 8.81. The lowest BCUT2D eigenvalue weighted by Gasteiger charge is -2.30. The van der Waals surface area contributed by atoms with Crippen LogP contribution in [0.2, 0.25) is 0 Å². The zero-order valence-electron chi connectivity index (χ0n) is 14.1. The lowest BCUT2D eigenvalue weighted by Crippen LogP contribution is -2.33. The Kier molecular flexibility index (Phi) is 6.08. The molecule has 1 saturated carbocycles. The summed E-state index contributed by atoms with van der Waals surface area (Å²) in [7, 11) is 0. The summed E-state index contributed by atoms with van der Waals surface area (Å²) in [6.07, 6.45) is 8.35. The van der Waals surface area contributed by atoms with Crippen LogP contribution in [0.4, 0.5) is 0 Å². The van der Waals surface area contributed by atoms with Crippen molar-refractivity contribution >= 4 is 6.21 Å². The van der Waals surface area contributed by atoms with Crippen LogP contribution >= 0.6 is 0 Å². The van der Waals surface area contributed by atoms with E-state index < -0.39 is 0 Å². The van der Waals surface area contributed by atoms with Gasteiger partial charge in [0.25, 0.3) is 0 Å². The van der Waals surface area contributed by atoms with Crippen LogP contribution in [0.3, 0.4) is 0 Å². The maximum atomic E-state index is 4.75. The molecule has 122 valence electrons. The minimum absolute atomic E-state index is 0.517. The Bertz CT molecular complexity index is 689. The van der Waals surface area contributed by atoms with Crippen LogP contribution in [0.1, 0.15) is 43.2 Å². The molecule has 2 nitrogen and oxygen atoms in total. The second kappa shape index (κ2) is 8.93. The van der Waals surface area contributed by atoms with Gasteiger partial charge in [-0.2, -0.15) is 5.10 Å². The van der Waals surface area contributed by atoms with E-state index in [0.29, 0.717) is 12.6 Å². The Morgan fingerprint density at radius 2 is 1.58 bits per heavy atom. The molecule has 2 aromatic rings. The molecule has 0 radical (unpaired) electrons. The lowest BCUT2D eigenvalue weighted by atomic mass is 9.95. The molecule has 2 aromatic carbocycles. The lowest BCUT2D eigenvalue weighted by molar-refractivity contribution is 0.183. The highest BCUT2D eigenvalue weighted by molar-refractivity contribution is 5.79. The molecule has 0 atom stereocenters. The predicted octanol–water partition coefficient (Wildman–Crippen LogP) is 4.71. The van der Waals surface area contributed by atoms with Crippen LogP contribution in [0.5, 0.6) is 0 Å². The van der Waals surface area contributed by atoms with Gasteiger partial charge in [0.05, 0.1) is 12.8 Å². The second-order valence-electron chi connectivity index (χ2n) is 6.21. The molecule has 0 heterocycles. The van der Waals surface area contributed by atoms with Crippen molar-refractivity contribution in [3.05, 3.63) is 71.8 Å². The molecule has 0 aromatic heterocycles. The van der Waals surface area contributed by atoms with E-state index in [4.69, 9.17) is 5.10 Å². The molecule has 0 aliphatic heterocycles. The highest BCUT2D eigenvalue weighted by atomic mass is 15.5. The van der Waals surface area contributed by atoms with Gasteiger partial charge in [-0.1, -0.05) is 79.6 Å². The van der Waals surface area contributed by atoms with Crippen LogP contribution in [-0.4, -0.2) is 23.8 Å². The maximum absolute atomic E-state index is 4.75. The molecular weight excluding hydrogens is 292 g/mol. The zero-order valence-corrected chi connectivity index (χ0v) is 14.1. The van der Waals surface area contributed by atoms with Gasteiger partial charge < -0.3 is 0 Å². The van der Waals surface area contributed by atoms with Gasteiger partial charge in [-0.05, 0) is 30.5 Å². The standard InChI is InChI=1S/C22H24N2/c1-4-11-20(12-5-1)15-10-18-24(22-16-8-3-9-17-22)23-19-21-13-6-2-7-14-21/h1-2,4-7,11-14,19,22H,3,8-9,16-18H2/b23-19+. The van der Waals surface area contributed by atoms with E-state index in [0.717, 1.165) is 11.1 Å². The third-order valence-electron chi connectivity index (χ3n) is 4.40. The first-order valence-corrected chi connectivity index (χ1v) is 8.81. The minimum Gasteiger partial charge on any atom is -0.282 e. The fourth-order valence-corrected chi connectivity index (χ4v) is 3.07. The Balaban J connectivity index is 1.70. The van der Waals surface area contributed by atoms with Crippen molar-refractivity contribution in [2.45, 2.75) is 38.1 Å². The van der Waals surface area contributed by atoms with E-state index in [2.05, 4.69) is 29.0 Å². The largest absolute Gasteiger partial charge is 0.282 e.